The molecule has 4 heteroatoms. The van der Waals surface area contributed by atoms with E-state index in [0.717, 1.165) is 23.4 Å². The van der Waals surface area contributed by atoms with Gasteiger partial charge in [0.2, 0.25) is 5.13 Å². The van der Waals surface area contributed by atoms with Crippen molar-refractivity contribution >= 4 is 16.7 Å². The molecule has 1 N–H and O–H groups in total. The van der Waals surface area contributed by atoms with Crippen molar-refractivity contribution in [2.75, 3.05) is 11.9 Å². The van der Waals surface area contributed by atoms with Crippen LogP contribution in [0.1, 0.15) is 52.3 Å². The highest BCUT2D eigenvalue weighted by Crippen LogP contribution is 2.68. The van der Waals surface area contributed by atoms with Crippen LogP contribution < -0.4 is 5.32 Å². The highest BCUT2D eigenvalue weighted by molar-refractivity contribution is 7.09. The molecule has 0 unspecified atom stereocenters. The third-order valence-corrected chi connectivity index (χ3v) is 5.85. The minimum absolute atomic E-state index is 0.448. The maximum Gasteiger partial charge on any atom is 0.202 e. The van der Waals surface area contributed by atoms with Crippen LogP contribution in [0.25, 0.3) is 0 Å². The second kappa shape index (κ2) is 3.44. The van der Waals surface area contributed by atoms with Crippen molar-refractivity contribution in [2.24, 2.45) is 16.7 Å². The van der Waals surface area contributed by atoms with Gasteiger partial charge in [0.1, 0.15) is 5.82 Å². The van der Waals surface area contributed by atoms with E-state index in [0.29, 0.717) is 16.7 Å². The van der Waals surface area contributed by atoms with E-state index in [1.54, 1.807) is 0 Å². The first kappa shape index (κ1) is 11.5. The van der Waals surface area contributed by atoms with Crippen molar-refractivity contribution in [2.45, 2.75) is 46.5 Å². The fraction of sp³-hybridized carbons (Fsp3) is 0.846. The van der Waals surface area contributed by atoms with Crippen LogP contribution in [0, 0.1) is 16.7 Å². The molecule has 0 atom stereocenters. The fourth-order valence-corrected chi connectivity index (χ4v) is 3.50. The van der Waals surface area contributed by atoms with E-state index in [1.165, 1.54) is 24.4 Å². The summed E-state index contributed by atoms with van der Waals surface area (Å²) in [6.45, 7) is 10.5. The Hall–Kier alpha value is -0.640. The third kappa shape index (κ3) is 1.77. The summed E-state index contributed by atoms with van der Waals surface area (Å²) in [7, 11) is 0. The SMILES string of the molecule is CC1(C)C(CNc2nc(C3CC3)ns2)C1(C)C. The molecule has 0 spiro atoms. The highest BCUT2D eigenvalue weighted by Gasteiger charge is 2.64. The Balaban J connectivity index is 1.57. The molecule has 0 amide bonds. The number of anilines is 1. The lowest BCUT2D eigenvalue weighted by molar-refractivity contribution is 0.457. The molecule has 2 aliphatic carbocycles. The molecule has 1 aromatic heterocycles. The van der Waals surface area contributed by atoms with Crippen LogP contribution in [-0.4, -0.2) is 15.9 Å². The van der Waals surface area contributed by atoms with Gasteiger partial charge in [0.25, 0.3) is 0 Å². The van der Waals surface area contributed by atoms with Crippen molar-refractivity contribution in [3.63, 3.8) is 0 Å². The van der Waals surface area contributed by atoms with Crippen LogP contribution in [0.4, 0.5) is 5.13 Å². The number of rotatable bonds is 4. The quantitative estimate of drug-likeness (QED) is 0.890. The van der Waals surface area contributed by atoms with Gasteiger partial charge in [-0.3, -0.25) is 0 Å². The summed E-state index contributed by atoms with van der Waals surface area (Å²) < 4.78 is 4.42. The average Bonchev–Trinajstić information content (AvgIpc) is 3.07. The van der Waals surface area contributed by atoms with Gasteiger partial charge in [-0.2, -0.15) is 4.37 Å². The number of nitrogens with one attached hydrogen (secondary N) is 1. The Morgan fingerprint density at radius 1 is 1.24 bits per heavy atom. The zero-order valence-electron chi connectivity index (χ0n) is 11.1. The van der Waals surface area contributed by atoms with E-state index in [9.17, 15) is 0 Å². The molecule has 17 heavy (non-hydrogen) atoms. The van der Waals surface area contributed by atoms with E-state index in [-0.39, 0.29) is 0 Å². The Bertz CT molecular complexity index is 418. The van der Waals surface area contributed by atoms with Crippen LogP contribution in [-0.2, 0) is 0 Å². The van der Waals surface area contributed by atoms with Gasteiger partial charge in [-0.05, 0) is 29.6 Å². The predicted octanol–water partition coefficient (Wildman–Crippen LogP) is 3.51. The summed E-state index contributed by atoms with van der Waals surface area (Å²) in [5, 5.41) is 4.47. The third-order valence-electron chi connectivity index (χ3n) is 5.16. The van der Waals surface area contributed by atoms with Gasteiger partial charge in [-0.1, -0.05) is 27.7 Å². The highest BCUT2D eigenvalue weighted by atomic mass is 32.1. The monoisotopic (exact) mass is 251 g/mol. The number of hydrogen-bond acceptors (Lipinski definition) is 4. The molecule has 3 nitrogen and oxygen atoms in total. The molecule has 0 bridgehead atoms. The predicted molar refractivity (Wildman–Crippen MR) is 71.4 cm³/mol. The number of aromatic nitrogens is 2. The molecule has 94 valence electrons. The molecule has 0 radical (unpaired) electrons. The van der Waals surface area contributed by atoms with Crippen LogP contribution in [0.3, 0.4) is 0 Å². The van der Waals surface area contributed by atoms with Crippen molar-refractivity contribution in [1.82, 2.24) is 9.36 Å². The molecular formula is C13H21N3S. The largest absolute Gasteiger partial charge is 0.360 e. The van der Waals surface area contributed by atoms with Gasteiger partial charge in [0.15, 0.2) is 0 Å². The number of nitrogens with zero attached hydrogens (tertiary/aromatic N) is 2. The molecule has 2 fully saturated rings. The summed E-state index contributed by atoms with van der Waals surface area (Å²) in [5.74, 6) is 2.46. The van der Waals surface area contributed by atoms with Crippen LogP contribution in [0.15, 0.2) is 0 Å². The van der Waals surface area contributed by atoms with Crippen LogP contribution in [0.2, 0.25) is 0 Å². The molecule has 0 saturated heterocycles. The van der Waals surface area contributed by atoms with Crippen molar-refractivity contribution in [3.05, 3.63) is 5.82 Å². The van der Waals surface area contributed by atoms with Gasteiger partial charge in [-0.15, -0.1) is 0 Å². The molecule has 0 aromatic carbocycles. The lowest BCUT2D eigenvalue weighted by Crippen LogP contribution is -2.07. The van der Waals surface area contributed by atoms with E-state index < -0.39 is 0 Å². The second-order valence-electron chi connectivity index (χ2n) is 6.61. The van der Waals surface area contributed by atoms with E-state index in [1.807, 2.05) is 0 Å². The van der Waals surface area contributed by atoms with Gasteiger partial charge >= 0.3 is 0 Å². The Morgan fingerprint density at radius 2 is 1.88 bits per heavy atom. The summed E-state index contributed by atoms with van der Waals surface area (Å²) in [5.41, 5.74) is 0.897. The smallest absolute Gasteiger partial charge is 0.202 e. The zero-order valence-corrected chi connectivity index (χ0v) is 11.9. The first-order chi connectivity index (χ1) is 7.93. The molecular weight excluding hydrogens is 230 g/mol. The van der Waals surface area contributed by atoms with Gasteiger partial charge in [0.05, 0.1) is 0 Å². The Morgan fingerprint density at radius 3 is 2.41 bits per heavy atom. The molecule has 2 saturated carbocycles. The lowest BCUT2D eigenvalue weighted by Gasteiger charge is -2.04. The Labute approximate surface area is 107 Å². The average molecular weight is 251 g/mol. The summed E-state index contributed by atoms with van der Waals surface area (Å²) in [4.78, 5) is 4.56. The molecule has 2 aliphatic rings. The van der Waals surface area contributed by atoms with Gasteiger partial charge in [-0.25, -0.2) is 4.98 Å². The zero-order chi connectivity index (χ0) is 12.3. The standard InChI is InChI=1S/C13H21N3S/c1-12(2)9(13(12,3)4)7-14-11-15-10(16-17-11)8-5-6-8/h8-9H,5-7H2,1-4H3,(H,14,15,16). The maximum absolute atomic E-state index is 4.56. The van der Waals surface area contributed by atoms with Crippen LogP contribution >= 0.6 is 11.5 Å². The van der Waals surface area contributed by atoms with Crippen molar-refractivity contribution in [3.8, 4) is 0 Å². The molecule has 3 rings (SSSR count). The molecule has 1 heterocycles. The summed E-state index contributed by atoms with van der Waals surface area (Å²) in [6.07, 6.45) is 2.55. The first-order valence-corrected chi connectivity index (χ1v) is 7.28. The maximum atomic E-state index is 4.56. The topological polar surface area (TPSA) is 37.8 Å². The summed E-state index contributed by atoms with van der Waals surface area (Å²) >= 11 is 1.52. The van der Waals surface area contributed by atoms with E-state index >= 15 is 0 Å². The Kier molecular flexibility index (Phi) is 2.31. The van der Waals surface area contributed by atoms with Gasteiger partial charge < -0.3 is 5.32 Å². The summed E-state index contributed by atoms with van der Waals surface area (Å²) in [6, 6.07) is 0. The first-order valence-electron chi connectivity index (χ1n) is 6.50. The molecule has 1 aromatic rings. The second-order valence-corrected chi connectivity index (χ2v) is 7.36. The van der Waals surface area contributed by atoms with Crippen LogP contribution in [0.5, 0.6) is 0 Å². The minimum Gasteiger partial charge on any atom is -0.360 e. The van der Waals surface area contributed by atoms with E-state index in [4.69, 9.17) is 0 Å². The molecule has 0 aliphatic heterocycles. The van der Waals surface area contributed by atoms with Gasteiger partial charge in [0, 0.05) is 24.0 Å². The fourth-order valence-electron chi connectivity index (χ4n) is 2.85. The number of hydrogen-bond donors (Lipinski definition) is 1. The van der Waals surface area contributed by atoms with Crippen molar-refractivity contribution < 1.29 is 0 Å². The van der Waals surface area contributed by atoms with Crippen molar-refractivity contribution in [1.29, 1.82) is 0 Å². The van der Waals surface area contributed by atoms with E-state index in [2.05, 4.69) is 42.4 Å². The lowest BCUT2D eigenvalue weighted by atomic mass is 10.0. The normalized spacial score (nSPS) is 25.9. The minimum atomic E-state index is 0.448.